The van der Waals surface area contributed by atoms with Gasteiger partial charge in [-0.05, 0) is 65.0 Å². The number of amides is 1. The molecule has 7 nitrogen and oxygen atoms in total. The van der Waals surface area contributed by atoms with Gasteiger partial charge in [0.2, 0.25) is 0 Å². The minimum Gasteiger partial charge on any atom is -0.337 e. The first-order valence-electron chi connectivity index (χ1n) is 11.0. The van der Waals surface area contributed by atoms with Gasteiger partial charge in [0.15, 0.2) is 10.8 Å². The molecule has 0 bridgehead atoms. The minimum atomic E-state index is 0.0571. The highest BCUT2D eigenvalue weighted by Crippen LogP contribution is 2.32. The second-order valence-corrected chi connectivity index (χ2v) is 9.88. The van der Waals surface area contributed by atoms with Crippen LogP contribution in [0, 0.1) is 20.8 Å². The maximum absolute atomic E-state index is 13.2. The zero-order valence-corrected chi connectivity index (χ0v) is 19.1. The van der Waals surface area contributed by atoms with Gasteiger partial charge in [-0.1, -0.05) is 0 Å². The number of anilines is 2. The normalized spacial score (nSPS) is 18.3. The molecule has 1 aliphatic carbocycles. The van der Waals surface area contributed by atoms with E-state index < -0.39 is 0 Å². The van der Waals surface area contributed by atoms with E-state index in [1.807, 2.05) is 24.8 Å². The fourth-order valence-electron chi connectivity index (χ4n) is 4.62. The summed E-state index contributed by atoms with van der Waals surface area (Å²) in [5.74, 6) is 0.292. The lowest BCUT2D eigenvalue weighted by atomic mass is 9.95. The number of fused-ring (bicyclic) bond motifs is 1. The molecule has 3 aromatic rings. The number of nitrogens with one attached hydrogen (secondary N) is 2. The zero-order chi connectivity index (χ0) is 21.5. The molecule has 8 heteroatoms. The van der Waals surface area contributed by atoms with Crippen LogP contribution in [0.1, 0.15) is 68.9 Å². The SMILES string of the molecule is Cc1cc(Nc2nc(C)c(C)s2)cc([C@@H]2CCN(C(=O)c3n[nH]c4c3CCCC4)C2)n1. The number of hydrogen-bond donors (Lipinski definition) is 2. The van der Waals surface area contributed by atoms with Crippen molar-refractivity contribution in [3.8, 4) is 0 Å². The van der Waals surface area contributed by atoms with Crippen LogP contribution in [0.3, 0.4) is 0 Å². The maximum atomic E-state index is 13.2. The Labute approximate surface area is 186 Å². The van der Waals surface area contributed by atoms with Crippen molar-refractivity contribution >= 4 is 28.1 Å². The summed E-state index contributed by atoms with van der Waals surface area (Å²) in [5.41, 5.74) is 6.97. The fourth-order valence-corrected chi connectivity index (χ4v) is 5.45. The molecule has 1 amide bonds. The van der Waals surface area contributed by atoms with Gasteiger partial charge in [0.05, 0.1) is 5.69 Å². The van der Waals surface area contributed by atoms with E-state index >= 15 is 0 Å². The zero-order valence-electron chi connectivity index (χ0n) is 18.3. The monoisotopic (exact) mass is 436 g/mol. The molecule has 5 rings (SSSR count). The minimum absolute atomic E-state index is 0.0571. The lowest BCUT2D eigenvalue weighted by Crippen LogP contribution is -2.29. The number of carbonyl (C=O) groups excluding carboxylic acids is 1. The molecule has 2 aliphatic rings. The molecule has 162 valence electrons. The number of likely N-dealkylation sites (tertiary alicyclic amines) is 1. The molecule has 1 saturated heterocycles. The summed E-state index contributed by atoms with van der Waals surface area (Å²) in [6.07, 6.45) is 5.18. The number of aryl methyl sites for hydroxylation is 4. The molecule has 1 fully saturated rings. The van der Waals surface area contributed by atoms with E-state index in [9.17, 15) is 4.79 Å². The molecular formula is C23H28N6OS. The van der Waals surface area contributed by atoms with E-state index in [0.29, 0.717) is 12.2 Å². The Balaban J connectivity index is 1.32. The summed E-state index contributed by atoms with van der Waals surface area (Å²) < 4.78 is 0. The van der Waals surface area contributed by atoms with Crippen LogP contribution in [0.5, 0.6) is 0 Å². The molecule has 1 atom stereocenters. The molecule has 0 unspecified atom stereocenters. The van der Waals surface area contributed by atoms with Crippen molar-refractivity contribution in [2.45, 2.75) is 58.8 Å². The first-order valence-corrected chi connectivity index (χ1v) is 11.8. The van der Waals surface area contributed by atoms with Crippen LogP contribution in [0.25, 0.3) is 0 Å². The summed E-state index contributed by atoms with van der Waals surface area (Å²) in [6.45, 7) is 7.56. The summed E-state index contributed by atoms with van der Waals surface area (Å²) in [5, 5.41) is 11.8. The highest BCUT2D eigenvalue weighted by molar-refractivity contribution is 7.15. The Kier molecular flexibility index (Phi) is 5.25. The van der Waals surface area contributed by atoms with Crippen molar-refractivity contribution in [1.82, 2.24) is 25.1 Å². The van der Waals surface area contributed by atoms with Crippen molar-refractivity contribution in [3.05, 3.63) is 51.0 Å². The third kappa shape index (κ3) is 3.96. The predicted molar refractivity (Wildman–Crippen MR) is 122 cm³/mol. The Morgan fingerprint density at radius 1 is 1.19 bits per heavy atom. The van der Waals surface area contributed by atoms with Crippen LogP contribution in [0.2, 0.25) is 0 Å². The van der Waals surface area contributed by atoms with Gasteiger partial charge in [-0.15, -0.1) is 11.3 Å². The van der Waals surface area contributed by atoms with Gasteiger partial charge in [0, 0.05) is 52.2 Å². The van der Waals surface area contributed by atoms with Gasteiger partial charge in [0.1, 0.15) is 0 Å². The van der Waals surface area contributed by atoms with Crippen molar-refractivity contribution < 1.29 is 4.79 Å². The Bertz CT molecular complexity index is 1110. The number of H-pyrrole nitrogens is 1. The third-order valence-electron chi connectivity index (χ3n) is 6.41. The second-order valence-electron chi connectivity index (χ2n) is 8.68. The van der Waals surface area contributed by atoms with E-state index in [4.69, 9.17) is 4.98 Å². The van der Waals surface area contributed by atoms with Crippen LogP contribution in [-0.2, 0) is 12.8 Å². The lowest BCUT2D eigenvalue weighted by molar-refractivity contribution is 0.0783. The lowest BCUT2D eigenvalue weighted by Gasteiger charge is -2.18. The number of pyridine rings is 1. The molecule has 1 aliphatic heterocycles. The van der Waals surface area contributed by atoms with Crippen LogP contribution >= 0.6 is 11.3 Å². The number of carbonyl (C=O) groups is 1. The Morgan fingerprint density at radius 3 is 2.84 bits per heavy atom. The molecular weight excluding hydrogens is 408 g/mol. The first kappa shape index (κ1) is 20.2. The molecule has 0 aromatic carbocycles. The van der Waals surface area contributed by atoms with E-state index in [-0.39, 0.29) is 11.8 Å². The number of thiazole rings is 1. The molecule has 0 spiro atoms. The van der Waals surface area contributed by atoms with Gasteiger partial charge < -0.3 is 10.2 Å². The highest BCUT2D eigenvalue weighted by Gasteiger charge is 2.32. The smallest absolute Gasteiger partial charge is 0.274 e. The van der Waals surface area contributed by atoms with Crippen molar-refractivity contribution in [2.24, 2.45) is 0 Å². The third-order valence-corrected chi connectivity index (χ3v) is 7.39. The van der Waals surface area contributed by atoms with E-state index in [2.05, 4.69) is 33.5 Å². The summed E-state index contributed by atoms with van der Waals surface area (Å²) >= 11 is 1.66. The van der Waals surface area contributed by atoms with E-state index in [0.717, 1.165) is 71.4 Å². The van der Waals surface area contributed by atoms with Gasteiger partial charge in [-0.25, -0.2) is 4.98 Å². The van der Waals surface area contributed by atoms with Gasteiger partial charge in [-0.3, -0.25) is 14.9 Å². The van der Waals surface area contributed by atoms with Crippen LogP contribution < -0.4 is 5.32 Å². The van der Waals surface area contributed by atoms with Gasteiger partial charge >= 0.3 is 0 Å². The highest BCUT2D eigenvalue weighted by atomic mass is 32.1. The summed E-state index contributed by atoms with van der Waals surface area (Å²) in [7, 11) is 0. The average Bonchev–Trinajstić information content (AvgIpc) is 3.46. The number of aromatic amines is 1. The molecule has 0 saturated carbocycles. The fraction of sp³-hybridized carbons (Fsp3) is 0.478. The molecule has 2 N–H and O–H groups in total. The molecule has 31 heavy (non-hydrogen) atoms. The van der Waals surface area contributed by atoms with Crippen molar-refractivity contribution in [2.75, 3.05) is 18.4 Å². The Hall–Kier alpha value is -2.74. The Morgan fingerprint density at radius 2 is 2.03 bits per heavy atom. The van der Waals surface area contributed by atoms with Crippen molar-refractivity contribution in [3.63, 3.8) is 0 Å². The van der Waals surface area contributed by atoms with Crippen molar-refractivity contribution in [1.29, 1.82) is 0 Å². The predicted octanol–water partition coefficient (Wildman–Crippen LogP) is 4.44. The summed E-state index contributed by atoms with van der Waals surface area (Å²) in [4.78, 5) is 25.7. The van der Waals surface area contributed by atoms with Crippen LogP contribution in [-0.4, -0.2) is 44.1 Å². The van der Waals surface area contributed by atoms with Crippen LogP contribution in [0.4, 0.5) is 10.8 Å². The first-order chi connectivity index (χ1) is 15.0. The van der Waals surface area contributed by atoms with Gasteiger partial charge in [-0.2, -0.15) is 5.10 Å². The van der Waals surface area contributed by atoms with Crippen LogP contribution in [0.15, 0.2) is 12.1 Å². The maximum Gasteiger partial charge on any atom is 0.274 e. The quantitative estimate of drug-likeness (QED) is 0.631. The molecule has 4 heterocycles. The number of rotatable bonds is 4. The second kappa shape index (κ2) is 8.07. The van der Waals surface area contributed by atoms with Gasteiger partial charge in [0.25, 0.3) is 5.91 Å². The van der Waals surface area contributed by atoms with E-state index in [1.54, 1.807) is 11.3 Å². The summed E-state index contributed by atoms with van der Waals surface area (Å²) in [6, 6.07) is 4.15. The topological polar surface area (TPSA) is 86.8 Å². The number of nitrogens with zero attached hydrogens (tertiary/aromatic N) is 4. The largest absolute Gasteiger partial charge is 0.337 e. The number of aromatic nitrogens is 4. The van der Waals surface area contributed by atoms with E-state index in [1.165, 1.54) is 11.3 Å². The molecule has 3 aromatic heterocycles. The number of hydrogen-bond acceptors (Lipinski definition) is 6. The standard InChI is InChI=1S/C23H28N6OS/c1-13-10-17(26-23-25-14(2)15(3)31-23)11-20(24-13)16-8-9-29(12-16)22(30)21-18-6-4-5-7-19(18)27-28-21/h10-11,16H,4-9,12H2,1-3H3,(H,27,28)(H,24,25,26)/t16-/m1/s1. The molecule has 0 radical (unpaired) electrons. The average molecular weight is 437 g/mol.